The smallest absolute Gasteiger partial charge is 0.475 e. The number of alkyl halides is 6. The number of nitrogens with zero attached hydrogens (tertiary/aromatic N) is 5. The van der Waals surface area contributed by atoms with Crippen molar-refractivity contribution in [3.8, 4) is 17.3 Å². The molecule has 10 nitrogen and oxygen atoms in total. The number of aromatic nitrogens is 5. The molecule has 0 aliphatic heterocycles. The number of hydrogen-bond acceptors (Lipinski definition) is 6. The van der Waals surface area contributed by atoms with Crippen molar-refractivity contribution in [3.63, 3.8) is 0 Å². The van der Waals surface area contributed by atoms with E-state index in [2.05, 4.69) is 31.4 Å². The molecule has 5 aromatic rings. The van der Waals surface area contributed by atoms with E-state index in [1.807, 2.05) is 12.1 Å². The number of carbonyl (C=O) groups excluding carboxylic acids is 1. The Labute approximate surface area is 243 Å². The molecule has 16 heteroatoms. The summed E-state index contributed by atoms with van der Waals surface area (Å²) in [4.78, 5) is 33.1. The summed E-state index contributed by atoms with van der Waals surface area (Å²) < 4.78 is 71.8. The number of H-pyrrole nitrogens is 1. The maximum Gasteiger partial charge on any atom is 0.490 e. The summed E-state index contributed by atoms with van der Waals surface area (Å²) >= 11 is 0. The molecule has 2 aromatic carbocycles. The molecule has 3 heterocycles. The monoisotopic (exact) mass is 615 g/mol. The third-order valence-electron chi connectivity index (χ3n) is 6.08. The summed E-state index contributed by atoms with van der Waals surface area (Å²) in [6.07, 6.45) is -2.76. The van der Waals surface area contributed by atoms with Gasteiger partial charge < -0.3 is 15.4 Å². The second-order valence-corrected chi connectivity index (χ2v) is 9.01. The molecule has 5 rings (SSSR count). The Morgan fingerprint density at radius 3 is 2.39 bits per heavy atom. The van der Waals surface area contributed by atoms with E-state index in [4.69, 9.17) is 9.90 Å². The number of fused-ring (bicyclic) bond motifs is 1. The summed E-state index contributed by atoms with van der Waals surface area (Å²) in [6, 6.07) is 14.5. The molecule has 1 unspecified atom stereocenters. The fourth-order valence-corrected chi connectivity index (χ4v) is 4.02. The number of halogens is 6. The fraction of sp³-hybridized carbons (Fsp3) is 0.143. The van der Waals surface area contributed by atoms with Crippen LogP contribution in [0.2, 0.25) is 0 Å². The number of aromatic amines is 1. The summed E-state index contributed by atoms with van der Waals surface area (Å²) in [7, 11) is 0. The van der Waals surface area contributed by atoms with E-state index in [-0.39, 0.29) is 12.0 Å². The minimum Gasteiger partial charge on any atom is -0.475 e. The quantitative estimate of drug-likeness (QED) is 0.192. The van der Waals surface area contributed by atoms with Crippen LogP contribution < -0.4 is 5.32 Å². The van der Waals surface area contributed by atoms with Crippen molar-refractivity contribution < 1.29 is 41.0 Å². The first-order valence-corrected chi connectivity index (χ1v) is 12.4. The second kappa shape index (κ2) is 12.7. The Kier molecular flexibility index (Phi) is 8.98. The molecule has 3 N–H and O–H groups in total. The molecule has 0 saturated heterocycles. The number of amides is 1. The van der Waals surface area contributed by atoms with Gasteiger partial charge in [-0.3, -0.25) is 9.48 Å². The van der Waals surface area contributed by atoms with E-state index in [0.717, 1.165) is 40.8 Å². The lowest BCUT2D eigenvalue weighted by molar-refractivity contribution is -0.192. The highest BCUT2D eigenvalue weighted by molar-refractivity contribution is 6.04. The highest BCUT2D eigenvalue weighted by Crippen LogP contribution is 2.30. The van der Waals surface area contributed by atoms with Crippen molar-refractivity contribution in [1.29, 1.82) is 5.26 Å². The summed E-state index contributed by atoms with van der Waals surface area (Å²) in [5, 5.41) is 24.6. The van der Waals surface area contributed by atoms with E-state index in [1.54, 1.807) is 41.5 Å². The van der Waals surface area contributed by atoms with Gasteiger partial charge in [-0.2, -0.15) is 36.7 Å². The van der Waals surface area contributed by atoms with E-state index in [0.29, 0.717) is 17.0 Å². The zero-order chi connectivity index (χ0) is 32.1. The number of carboxylic acids is 1. The first-order chi connectivity index (χ1) is 20.8. The molecule has 1 amide bonds. The second-order valence-electron chi connectivity index (χ2n) is 9.01. The van der Waals surface area contributed by atoms with Gasteiger partial charge in [0, 0.05) is 34.6 Å². The van der Waals surface area contributed by atoms with Crippen LogP contribution in [0.5, 0.6) is 0 Å². The molecule has 44 heavy (non-hydrogen) atoms. The van der Waals surface area contributed by atoms with Crippen molar-refractivity contribution in [1.82, 2.24) is 24.7 Å². The molecule has 1 atom stereocenters. The van der Waals surface area contributed by atoms with Crippen LogP contribution in [-0.4, -0.2) is 47.9 Å². The van der Waals surface area contributed by atoms with Crippen molar-refractivity contribution >= 4 is 28.6 Å². The van der Waals surface area contributed by atoms with Gasteiger partial charge in [0.2, 0.25) is 0 Å². The van der Waals surface area contributed by atoms with Crippen LogP contribution >= 0.6 is 0 Å². The number of benzene rings is 2. The van der Waals surface area contributed by atoms with Crippen LogP contribution in [0, 0.1) is 11.3 Å². The molecule has 226 valence electrons. The Hall–Kier alpha value is -5.72. The minimum absolute atomic E-state index is 0.0876. The zero-order valence-corrected chi connectivity index (χ0v) is 22.1. The van der Waals surface area contributed by atoms with E-state index >= 15 is 0 Å². The van der Waals surface area contributed by atoms with Crippen molar-refractivity contribution in [2.75, 3.05) is 5.32 Å². The van der Waals surface area contributed by atoms with Gasteiger partial charge in [0.15, 0.2) is 0 Å². The number of hydrogen-bond donors (Lipinski definition) is 3. The first-order valence-electron chi connectivity index (χ1n) is 12.4. The van der Waals surface area contributed by atoms with E-state index in [1.165, 1.54) is 6.33 Å². The van der Waals surface area contributed by atoms with Crippen LogP contribution in [0.15, 0.2) is 79.5 Å². The van der Waals surface area contributed by atoms with Gasteiger partial charge in [-0.15, -0.1) is 0 Å². The van der Waals surface area contributed by atoms with Crippen molar-refractivity contribution in [2.45, 2.75) is 24.8 Å². The SMILES string of the molecule is N#CCC(c1cccc(NC(=O)c2ccc(C(F)(F)F)cc2)c1)n1cc(-c2ncnc3[nH]ccc23)cn1.O=C(O)C(F)(F)F. The number of aliphatic carboxylic acids is 1. The first kappa shape index (κ1) is 31.2. The predicted molar refractivity (Wildman–Crippen MR) is 143 cm³/mol. The lowest BCUT2D eigenvalue weighted by Crippen LogP contribution is -2.21. The fourth-order valence-electron chi connectivity index (χ4n) is 4.02. The van der Waals surface area contributed by atoms with E-state index < -0.39 is 35.8 Å². The van der Waals surface area contributed by atoms with Gasteiger partial charge in [0.1, 0.15) is 12.0 Å². The number of carboxylic acid groups (broad SMARTS) is 1. The van der Waals surface area contributed by atoms with Crippen LogP contribution in [-0.2, 0) is 11.0 Å². The summed E-state index contributed by atoms with van der Waals surface area (Å²) in [5.74, 6) is -3.31. The van der Waals surface area contributed by atoms with Crippen LogP contribution in [0.25, 0.3) is 22.3 Å². The highest BCUT2D eigenvalue weighted by atomic mass is 19.4. The molecule has 0 bridgehead atoms. The van der Waals surface area contributed by atoms with Gasteiger partial charge in [-0.1, -0.05) is 12.1 Å². The maximum atomic E-state index is 12.8. The van der Waals surface area contributed by atoms with Crippen LogP contribution in [0.1, 0.15) is 33.9 Å². The van der Waals surface area contributed by atoms with Gasteiger partial charge in [0.05, 0.1) is 36.0 Å². The molecule has 0 radical (unpaired) electrons. The third-order valence-corrected chi connectivity index (χ3v) is 6.08. The molecule has 0 saturated carbocycles. The number of anilines is 1. The zero-order valence-electron chi connectivity index (χ0n) is 22.1. The molecular formula is C28H19F6N7O3. The van der Waals surface area contributed by atoms with Crippen molar-refractivity contribution in [3.05, 3.63) is 96.2 Å². The Morgan fingerprint density at radius 2 is 1.75 bits per heavy atom. The number of nitrogens with one attached hydrogen (secondary N) is 2. The van der Waals surface area contributed by atoms with Crippen LogP contribution in [0.4, 0.5) is 32.0 Å². The standard InChI is InChI=1S/C26H18F3N7O.C2HF3O2/c27-26(28,29)19-6-4-16(5-7-19)25(37)35-20-3-1-2-17(12-20)22(8-10-30)36-14-18(13-34-36)23-21-9-11-31-24(21)33-15-32-23;3-2(4,5)1(6)7/h1-7,9,11-15,22H,8H2,(H,35,37)(H,31,32,33);(H,6,7). The Morgan fingerprint density at radius 1 is 1.05 bits per heavy atom. The summed E-state index contributed by atoms with van der Waals surface area (Å²) in [5.41, 5.74) is 2.56. The van der Waals surface area contributed by atoms with Gasteiger partial charge in [0.25, 0.3) is 5.91 Å². The minimum atomic E-state index is -5.08. The number of rotatable bonds is 6. The number of nitriles is 1. The van der Waals surface area contributed by atoms with Crippen LogP contribution in [0.3, 0.4) is 0 Å². The average molecular weight is 615 g/mol. The topological polar surface area (TPSA) is 150 Å². The molecule has 0 aliphatic rings. The summed E-state index contributed by atoms with van der Waals surface area (Å²) in [6.45, 7) is 0. The third kappa shape index (κ3) is 7.37. The Bertz CT molecular complexity index is 1820. The predicted octanol–water partition coefficient (Wildman–Crippen LogP) is 6.23. The lowest BCUT2D eigenvalue weighted by atomic mass is 10.0. The van der Waals surface area contributed by atoms with Gasteiger partial charge in [-0.05, 0) is 48.0 Å². The largest absolute Gasteiger partial charge is 0.490 e. The van der Waals surface area contributed by atoms with E-state index in [9.17, 15) is 36.4 Å². The van der Waals surface area contributed by atoms with Crippen molar-refractivity contribution in [2.24, 2.45) is 0 Å². The molecule has 0 fully saturated rings. The van der Waals surface area contributed by atoms with Gasteiger partial charge >= 0.3 is 18.3 Å². The van der Waals surface area contributed by atoms with Gasteiger partial charge in [-0.25, -0.2) is 14.8 Å². The molecule has 0 aliphatic carbocycles. The average Bonchev–Trinajstić information content (AvgIpc) is 3.66. The highest BCUT2D eigenvalue weighted by Gasteiger charge is 2.38. The maximum absolute atomic E-state index is 12.8. The molecule has 3 aromatic heterocycles. The normalized spacial score (nSPS) is 12.1. The Balaban J connectivity index is 0.000000566. The number of carbonyl (C=O) groups is 2. The molecule has 0 spiro atoms. The molecular weight excluding hydrogens is 596 g/mol. The lowest BCUT2D eigenvalue weighted by Gasteiger charge is -2.16.